The van der Waals surface area contributed by atoms with Gasteiger partial charge in [0.05, 0.1) is 5.57 Å². The van der Waals surface area contributed by atoms with Gasteiger partial charge in [-0.1, -0.05) is 18.2 Å². The summed E-state index contributed by atoms with van der Waals surface area (Å²) in [5.41, 5.74) is 13.5. The summed E-state index contributed by atoms with van der Waals surface area (Å²) in [6, 6.07) is 22.4. The predicted molar refractivity (Wildman–Crippen MR) is 136 cm³/mol. The second kappa shape index (κ2) is 9.00. The maximum Gasteiger partial charge on any atom is 0.257 e. The molecule has 0 aliphatic carbocycles. The van der Waals surface area contributed by atoms with Crippen LogP contribution in [0.4, 0.5) is 22.7 Å². The predicted octanol–water partition coefficient (Wildman–Crippen LogP) is 4.02. The maximum absolute atomic E-state index is 12.6. The number of hydrogen-bond acceptors (Lipinski definition) is 5. The van der Waals surface area contributed by atoms with Crippen molar-refractivity contribution in [3.05, 3.63) is 89.6 Å². The smallest absolute Gasteiger partial charge is 0.257 e. The number of carbonyl (C=O) groups excluding carboxylic acids is 1. The van der Waals surface area contributed by atoms with Gasteiger partial charge in [0.15, 0.2) is 0 Å². The standard InChI is InChI=1S/C27H29N5O/c1-31-12-14-32(15-13-31)23-9-7-22(8-10-23)29-18-25-24-17-20(4-11-26(24)30-27(25)33)16-19-2-5-21(28)6-3-19/h2-11,17-18,29H,12-16,28H2,1H3,(H,30,33). The molecule has 4 N–H and O–H groups in total. The summed E-state index contributed by atoms with van der Waals surface area (Å²) in [5.74, 6) is -0.0869. The van der Waals surface area contributed by atoms with E-state index in [1.165, 1.54) is 11.3 Å². The van der Waals surface area contributed by atoms with Crippen LogP contribution in [0.2, 0.25) is 0 Å². The highest BCUT2D eigenvalue weighted by atomic mass is 16.2. The topological polar surface area (TPSA) is 73.6 Å². The van der Waals surface area contributed by atoms with E-state index in [-0.39, 0.29) is 5.91 Å². The lowest BCUT2D eigenvalue weighted by Crippen LogP contribution is -2.44. The van der Waals surface area contributed by atoms with Gasteiger partial charge in [-0.3, -0.25) is 4.79 Å². The number of nitrogen functional groups attached to an aromatic ring is 1. The van der Waals surface area contributed by atoms with E-state index in [0.717, 1.165) is 60.8 Å². The van der Waals surface area contributed by atoms with Gasteiger partial charge in [-0.15, -0.1) is 0 Å². The number of hydrogen-bond donors (Lipinski definition) is 3. The molecular formula is C27H29N5O. The van der Waals surface area contributed by atoms with Gasteiger partial charge in [-0.25, -0.2) is 0 Å². The monoisotopic (exact) mass is 439 g/mol. The molecule has 6 heteroatoms. The van der Waals surface area contributed by atoms with Crippen LogP contribution in [0.5, 0.6) is 0 Å². The van der Waals surface area contributed by atoms with Crippen molar-refractivity contribution < 1.29 is 4.79 Å². The Morgan fingerprint density at radius 2 is 1.64 bits per heavy atom. The number of amides is 1. The van der Waals surface area contributed by atoms with Crippen LogP contribution in [-0.4, -0.2) is 44.0 Å². The van der Waals surface area contributed by atoms with Crippen LogP contribution in [0.25, 0.3) is 5.57 Å². The van der Waals surface area contributed by atoms with E-state index in [1.54, 1.807) is 6.20 Å². The molecule has 6 nitrogen and oxygen atoms in total. The number of carbonyl (C=O) groups is 1. The first kappa shape index (κ1) is 21.1. The van der Waals surface area contributed by atoms with E-state index >= 15 is 0 Å². The van der Waals surface area contributed by atoms with E-state index in [0.29, 0.717) is 5.57 Å². The van der Waals surface area contributed by atoms with Gasteiger partial charge in [-0.05, 0) is 73.1 Å². The van der Waals surface area contributed by atoms with Crippen molar-refractivity contribution in [2.24, 2.45) is 0 Å². The van der Waals surface area contributed by atoms with E-state index in [1.807, 2.05) is 30.3 Å². The average molecular weight is 440 g/mol. The molecule has 0 atom stereocenters. The molecule has 2 heterocycles. The Balaban J connectivity index is 1.30. The number of benzene rings is 3. The summed E-state index contributed by atoms with van der Waals surface area (Å²) < 4.78 is 0. The molecule has 33 heavy (non-hydrogen) atoms. The molecule has 5 rings (SSSR count). The van der Waals surface area contributed by atoms with Gasteiger partial charge in [0.2, 0.25) is 0 Å². The third kappa shape index (κ3) is 4.71. The number of fused-ring (bicyclic) bond motifs is 1. The number of rotatable bonds is 5. The molecule has 1 fully saturated rings. The van der Waals surface area contributed by atoms with Crippen LogP contribution in [0.15, 0.2) is 72.9 Å². The summed E-state index contributed by atoms with van der Waals surface area (Å²) in [5, 5.41) is 6.27. The van der Waals surface area contributed by atoms with Crippen LogP contribution in [0.3, 0.4) is 0 Å². The zero-order valence-corrected chi connectivity index (χ0v) is 18.8. The summed E-state index contributed by atoms with van der Waals surface area (Å²) in [6.07, 6.45) is 2.59. The third-order valence-corrected chi connectivity index (χ3v) is 6.37. The molecule has 0 bridgehead atoms. The number of nitrogens with zero attached hydrogens (tertiary/aromatic N) is 2. The SMILES string of the molecule is CN1CCN(c2ccc(NC=C3C(=O)Nc4ccc(Cc5ccc(N)cc5)cc43)cc2)CC1. The number of anilines is 4. The fraction of sp³-hybridized carbons (Fsp3) is 0.222. The van der Waals surface area contributed by atoms with Crippen molar-refractivity contribution in [1.82, 2.24) is 4.90 Å². The highest BCUT2D eigenvalue weighted by Crippen LogP contribution is 2.33. The minimum atomic E-state index is -0.0869. The van der Waals surface area contributed by atoms with Gasteiger partial charge < -0.3 is 26.2 Å². The average Bonchev–Trinajstić information content (AvgIpc) is 3.14. The van der Waals surface area contributed by atoms with Gasteiger partial charge in [0, 0.05) is 60.7 Å². The Morgan fingerprint density at radius 1 is 0.939 bits per heavy atom. The Kier molecular flexibility index (Phi) is 5.75. The van der Waals surface area contributed by atoms with Crippen molar-refractivity contribution in [3.63, 3.8) is 0 Å². The fourth-order valence-corrected chi connectivity index (χ4v) is 4.35. The molecular weight excluding hydrogens is 410 g/mol. The summed E-state index contributed by atoms with van der Waals surface area (Å²) >= 11 is 0. The van der Waals surface area contributed by atoms with E-state index in [9.17, 15) is 4.79 Å². The number of piperazine rings is 1. The lowest BCUT2D eigenvalue weighted by Gasteiger charge is -2.34. The Labute approximate surface area is 194 Å². The second-order valence-electron chi connectivity index (χ2n) is 8.79. The minimum Gasteiger partial charge on any atom is -0.399 e. The van der Waals surface area contributed by atoms with Crippen molar-refractivity contribution in [3.8, 4) is 0 Å². The molecule has 1 amide bonds. The molecule has 2 aliphatic rings. The Hall–Kier alpha value is -3.77. The molecule has 2 aliphatic heterocycles. The molecule has 0 spiro atoms. The minimum absolute atomic E-state index is 0.0869. The van der Waals surface area contributed by atoms with Crippen molar-refractivity contribution in [2.45, 2.75) is 6.42 Å². The highest BCUT2D eigenvalue weighted by Gasteiger charge is 2.24. The van der Waals surface area contributed by atoms with Crippen LogP contribution in [0.1, 0.15) is 16.7 Å². The van der Waals surface area contributed by atoms with E-state index in [2.05, 4.69) is 63.9 Å². The van der Waals surface area contributed by atoms with Crippen LogP contribution in [-0.2, 0) is 11.2 Å². The van der Waals surface area contributed by atoms with Crippen molar-refractivity contribution in [2.75, 3.05) is 54.5 Å². The first-order valence-corrected chi connectivity index (χ1v) is 11.3. The molecule has 168 valence electrons. The van der Waals surface area contributed by atoms with E-state index in [4.69, 9.17) is 5.73 Å². The quantitative estimate of drug-likeness (QED) is 0.414. The van der Waals surface area contributed by atoms with Gasteiger partial charge >= 0.3 is 0 Å². The lowest BCUT2D eigenvalue weighted by atomic mass is 9.99. The van der Waals surface area contributed by atoms with Crippen molar-refractivity contribution in [1.29, 1.82) is 0 Å². The molecule has 3 aromatic carbocycles. The Morgan fingerprint density at radius 3 is 2.36 bits per heavy atom. The fourth-order valence-electron chi connectivity index (χ4n) is 4.35. The zero-order chi connectivity index (χ0) is 22.8. The highest BCUT2D eigenvalue weighted by molar-refractivity contribution is 6.31. The van der Waals surface area contributed by atoms with Crippen LogP contribution < -0.4 is 21.3 Å². The second-order valence-corrected chi connectivity index (χ2v) is 8.79. The van der Waals surface area contributed by atoms with E-state index < -0.39 is 0 Å². The zero-order valence-electron chi connectivity index (χ0n) is 18.8. The normalized spacial score (nSPS) is 17.2. The summed E-state index contributed by atoms with van der Waals surface area (Å²) in [7, 11) is 2.16. The van der Waals surface area contributed by atoms with Crippen LogP contribution >= 0.6 is 0 Å². The third-order valence-electron chi connectivity index (χ3n) is 6.37. The summed E-state index contributed by atoms with van der Waals surface area (Å²) in [4.78, 5) is 17.4. The van der Waals surface area contributed by atoms with Gasteiger partial charge in [0.1, 0.15) is 0 Å². The largest absolute Gasteiger partial charge is 0.399 e. The van der Waals surface area contributed by atoms with Gasteiger partial charge in [-0.2, -0.15) is 0 Å². The molecule has 0 unspecified atom stereocenters. The summed E-state index contributed by atoms with van der Waals surface area (Å²) in [6.45, 7) is 4.26. The molecule has 0 radical (unpaired) electrons. The number of nitrogens with one attached hydrogen (secondary N) is 2. The molecule has 1 saturated heterocycles. The number of likely N-dealkylation sites (N-methyl/N-ethyl adjacent to an activating group) is 1. The van der Waals surface area contributed by atoms with Crippen molar-refractivity contribution >= 4 is 34.2 Å². The molecule has 0 aromatic heterocycles. The first-order chi connectivity index (χ1) is 16.0. The lowest BCUT2D eigenvalue weighted by molar-refractivity contribution is -0.110. The number of nitrogens with two attached hydrogens (primary N) is 1. The molecule has 0 saturated carbocycles. The first-order valence-electron chi connectivity index (χ1n) is 11.3. The van der Waals surface area contributed by atoms with Gasteiger partial charge in [0.25, 0.3) is 5.91 Å². The molecule has 3 aromatic rings. The Bertz CT molecular complexity index is 1180. The van der Waals surface area contributed by atoms with Crippen LogP contribution in [0, 0.1) is 0 Å². The maximum atomic E-state index is 12.6.